The molecule has 5 rings (SSSR count). The van der Waals surface area contributed by atoms with E-state index >= 15 is 0 Å². The van der Waals surface area contributed by atoms with Crippen molar-refractivity contribution in [2.75, 3.05) is 36.4 Å². The molecule has 1 saturated carbocycles. The first kappa shape index (κ1) is 23.7. The maximum Gasteiger partial charge on any atom is 0.259 e. The van der Waals surface area contributed by atoms with Crippen LogP contribution in [-0.4, -0.2) is 58.9 Å². The summed E-state index contributed by atoms with van der Waals surface area (Å²) in [5.74, 6) is -1.78. The van der Waals surface area contributed by atoms with Gasteiger partial charge in [0.25, 0.3) is 11.8 Å². The van der Waals surface area contributed by atoms with Crippen molar-refractivity contribution in [3.63, 3.8) is 0 Å². The van der Waals surface area contributed by atoms with Gasteiger partial charge in [-0.15, -0.1) is 0 Å². The Labute approximate surface area is 207 Å². The minimum atomic E-state index is -0.873. The van der Waals surface area contributed by atoms with E-state index in [4.69, 9.17) is 0 Å². The topological polar surface area (TPSA) is 90.5 Å². The van der Waals surface area contributed by atoms with Gasteiger partial charge in [0.05, 0.1) is 0 Å². The minimum Gasteiger partial charge on any atom is -0.367 e. The molecular weight excluding hydrogens is 466 g/mol. The van der Waals surface area contributed by atoms with Gasteiger partial charge in [-0.2, -0.15) is 4.98 Å². The molecule has 0 bridgehead atoms. The largest absolute Gasteiger partial charge is 0.367 e. The lowest BCUT2D eigenvalue weighted by molar-refractivity contribution is 0.0736. The molecule has 10 heteroatoms. The van der Waals surface area contributed by atoms with Gasteiger partial charge < -0.3 is 20.4 Å². The molecule has 0 radical (unpaired) electrons. The van der Waals surface area contributed by atoms with Gasteiger partial charge in [0.15, 0.2) is 0 Å². The Morgan fingerprint density at radius 1 is 0.944 bits per heavy atom. The third-order valence-corrected chi connectivity index (χ3v) is 6.26. The van der Waals surface area contributed by atoms with Crippen molar-refractivity contribution in [1.29, 1.82) is 0 Å². The number of piperazine rings is 1. The van der Waals surface area contributed by atoms with E-state index in [1.165, 1.54) is 17.2 Å². The number of hydrogen-bond acceptors (Lipinski definition) is 6. The predicted octanol–water partition coefficient (Wildman–Crippen LogP) is 3.22. The molecule has 36 heavy (non-hydrogen) atoms. The monoisotopic (exact) mass is 492 g/mol. The minimum absolute atomic E-state index is 0.265. The summed E-state index contributed by atoms with van der Waals surface area (Å²) >= 11 is 0. The zero-order valence-electron chi connectivity index (χ0n) is 19.6. The van der Waals surface area contributed by atoms with Crippen molar-refractivity contribution in [1.82, 2.24) is 20.2 Å². The molecule has 2 heterocycles. The van der Waals surface area contributed by atoms with Crippen molar-refractivity contribution < 1.29 is 18.4 Å². The third-order valence-electron chi connectivity index (χ3n) is 6.26. The molecule has 1 aromatic heterocycles. The van der Waals surface area contributed by atoms with Crippen LogP contribution in [0.2, 0.25) is 0 Å². The number of carbonyl (C=O) groups excluding carboxylic acids is 2. The van der Waals surface area contributed by atoms with E-state index in [0.29, 0.717) is 37.0 Å². The van der Waals surface area contributed by atoms with Crippen LogP contribution < -0.4 is 15.5 Å². The SMILES string of the molecule is O=C(NCc1ccccc1)c1cnc(N2CCN(C(=O)c3c(F)cccc3F)CC2)nc1NC1CC1. The van der Waals surface area contributed by atoms with Crippen molar-refractivity contribution in [3.8, 4) is 0 Å². The fourth-order valence-electron chi connectivity index (χ4n) is 4.07. The molecule has 8 nitrogen and oxygen atoms in total. The van der Waals surface area contributed by atoms with Crippen LogP contribution in [0.25, 0.3) is 0 Å². The van der Waals surface area contributed by atoms with E-state index in [1.807, 2.05) is 35.2 Å². The smallest absolute Gasteiger partial charge is 0.259 e. The molecule has 3 aromatic rings. The van der Waals surface area contributed by atoms with Crippen LogP contribution >= 0.6 is 0 Å². The number of amides is 2. The van der Waals surface area contributed by atoms with Crippen LogP contribution in [0.15, 0.2) is 54.7 Å². The molecule has 2 aromatic carbocycles. The fraction of sp³-hybridized carbons (Fsp3) is 0.308. The quantitative estimate of drug-likeness (QED) is 0.527. The number of rotatable bonds is 7. The molecule has 1 aliphatic heterocycles. The summed E-state index contributed by atoms with van der Waals surface area (Å²) in [6, 6.07) is 13.3. The van der Waals surface area contributed by atoms with Gasteiger partial charge in [0.1, 0.15) is 28.6 Å². The summed E-state index contributed by atoms with van der Waals surface area (Å²) < 4.78 is 28.1. The van der Waals surface area contributed by atoms with Gasteiger partial charge in [-0.3, -0.25) is 9.59 Å². The molecule has 2 fully saturated rings. The molecular formula is C26H26F2N6O2. The van der Waals surface area contributed by atoms with Crippen molar-refractivity contribution in [2.45, 2.75) is 25.4 Å². The van der Waals surface area contributed by atoms with Crippen LogP contribution in [-0.2, 0) is 6.54 Å². The zero-order chi connectivity index (χ0) is 25.1. The average molecular weight is 493 g/mol. The second-order valence-corrected chi connectivity index (χ2v) is 8.90. The number of carbonyl (C=O) groups is 2. The molecule has 186 valence electrons. The Balaban J connectivity index is 1.26. The lowest BCUT2D eigenvalue weighted by Gasteiger charge is -2.35. The average Bonchev–Trinajstić information content (AvgIpc) is 3.72. The molecule has 2 aliphatic rings. The summed E-state index contributed by atoms with van der Waals surface area (Å²) in [4.78, 5) is 37.9. The van der Waals surface area contributed by atoms with Gasteiger partial charge in [0, 0.05) is 45.0 Å². The third kappa shape index (κ3) is 5.27. The Bertz CT molecular complexity index is 1240. The molecule has 1 aliphatic carbocycles. The Morgan fingerprint density at radius 3 is 2.31 bits per heavy atom. The lowest BCUT2D eigenvalue weighted by atomic mass is 10.1. The highest BCUT2D eigenvalue weighted by molar-refractivity contribution is 5.98. The van der Waals surface area contributed by atoms with Gasteiger partial charge in [-0.1, -0.05) is 36.4 Å². The highest BCUT2D eigenvalue weighted by Gasteiger charge is 2.29. The Kier molecular flexibility index (Phi) is 6.75. The number of anilines is 2. The van der Waals surface area contributed by atoms with E-state index in [0.717, 1.165) is 30.5 Å². The van der Waals surface area contributed by atoms with Gasteiger partial charge >= 0.3 is 0 Å². The fourth-order valence-corrected chi connectivity index (χ4v) is 4.07. The molecule has 2 N–H and O–H groups in total. The second-order valence-electron chi connectivity index (χ2n) is 8.90. The lowest BCUT2D eigenvalue weighted by Crippen LogP contribution is -2.49. The maximum atomic E-state index is 14.0. The summed E-state index contributed by atoms with van der Waals surface area (Å²) in [6.45, 7) is 1.71. The number of nitrogens with zero attached hydrogens (tertiary/aromatic N) is 4. The van der Waals surface area contributed by atoms with Gasteiger partial charge in [-0.25, -0.2) is 13.8 Å². The molecule has 0 atom stereocenters. The number of aromatic nitrogens is 2. The van der Waals surface area contributed by atoms with Gasteiger partial charge in [0.2, 0.25) is 5.95 Å². The first-order valence-electron chi connectivity index (χ1n) is 11.9. The van der Waals surface area contributed by atoms with Crippen LogP contribution in [0.3, 0.4) is 0 Å². The van der Waals surface area contributed by atoms with E-state index in [1.54, 1.807) is 0 Å². The number of halogens is 2. The van der Waals surface area contributed by atoms with Gasteiger partial charge in [-0.05, 0) is 30.5 Å². The maximum absolute atomic E-state index is 14.0. The zero-order valence-corrected chi connectivity index (χ0v) is 19.6. The Hall–Kier alpha value is -4.08. The van der Waals surface area contributed by atoms with Crippen LogP contribution in [0.1, 0.15) is 39.1 Å². The molecule has 1 saturated heterocycles. The number of benzene rings is 2. The van der Waals surface area contributed by atoms with E-state index in [2.05, 4.69) is 20.6 Å². The van der Waals surface area contributed by atoms with E-state index in [-0.39, 0.29) is 25.0 Å². The van der Waals surface area contributed by atoms with Crippen LogP contribution in [0.4, 0.5) is 20.5 Å². The number of hydrogen-bond donors (Lipinski definition) is 2. The summed E-state index contributed by atoms with van der Waals surface area (Å²) in [5, 5.41) is 6.23. The predicted molar refractivity (Wildman–Crippen MR) is 131 cm³/mol. The molecule has 0 spiro atoms. The van der Waals surface area contributed by atoms with Crippen molar-refractivity contribution in [3.05, 3.63) is 83.1 Å². The van der Waals surface area contributed by atoms with E-state index in [9.17, 15) is 18.4 Å². The summed E-state index contributed by atoms with van der Waals surface area (Å²) in [7, 11) is 0. The standard InChI is InChI=1S/C26H26F2N6O2/c27-20-7-4-8-21(28)22(20)25(36)33-11-13-34(14-12-33)26-30-16-19(23(32-26)31-18-9-10-18)24(35)29-15-17-5-2-1-3-6-17/h1-8,16,18H,9-15H2,(H,29,35)(H,30,31,32). The van der Waals surface area contributed by atoms with Crippen LogP contribution in [0.5, 0.6) is 0 Å². The molecule has 0 unspecified atom stereocenters. The Morgan fingerprint density at radius 2 is 1.64 bits per heavy atom. The second kappa shape index (κ2) is 10.3. The first-order valence-corrected chi connectivity index (χ1v) is 11.9. The van der Waals surface area contributed by atoms with Crippen LogP contribution in [0, 0.1) is 11.6 Å². The van der Waals surface area contributed by atoms with E-state index < -0.39 is 23.1 Å². The molecule has 2 amide bonds. The highest BCUT2D eigenvalue weighted by atomic mass is 19.1. The first-order chi connectivity index (χ1) is 17.5. The summed E-state index contributed by atoms with van der Waals surface area (Å²) in [6.07, 6.45) is 3.54. The van der Waals surface area contributed by atoms with Crippen molar-refractivity contribution in [2.24, 2.45) is 0 Å². The highest BCUT2D eigenvalue weighted by Crippen LogP contribution is 2.27. The normalized spacial score (nSPS) is 15.5. The number of nitrogens with one attached hydrogen (secondary N) is 2. The summed E-state index contributed by atoms with van der Waals surface area (Å²) in [5.41, 5.74) is 0.817. The van der Waals surface area contributed by atoms with Crippen molar-refractivity contribution >= 4 is 23.6 Å².